The van der Waals surface area contributed by atoms with Crippen LogP contribution in [0.3, 0.4) is 0 Å². The number of fused-ring (bicyclic) bond motifs is 12. The summed E-state index contributed by atoms with van der Waals surface area (Å²) < 4.78 is 0. The first kappa shape index (κ1) is 34.9. The zero-order valence-corrected chi connectivity index (χ0v) is 32.9. The molecule has 0 saturated carbocycles. The lowest BCUT2D eigenvalue weighted by Crippen LogP contribution is -2.29. The first-order valence-electron chi connectivity index (χ1n) is 20.6. The van der Waals surface area contributed by atoms with Crippen LogP contribution in [0.4, 0.5) is 0 Å². The van der Waals surface area contributed by atoms with E-state index in [2.05, 4.69) is 180 Å². The zero-order valence-electron chi connectivity index (χ0n) is 32.9. The molecule has 3 aromatic heterocycles. The van der Waals surface area contributed by atoms with Gasteiger partial charge in [0.15, 0.2) is 17.5 Å². The van der Waals surface area contributed by atoms with Crippen molar-refractivity contribution >= 4 is 0 Å². The fraction of sp³-hybridized carbons (Fsp3) is 0.0179. The molecule has 0 fully saturated rings. The van der Waals surface area contributed by atoms with Crippen LogP contribution in [0.15, 0.2) is 213 Å². The van der Waals surface area contributed by atoms with Crippen molar-refractivity contribution in [2.24, 2.45) is 0 Å². The molecular weight excluding hydrogens is 743 g/mol. The van der Waals surface area contributed by atoms with Crippen molar-refractivity contribution in [1.82, 2.24) is 24.9 Å². The normalized spacial score (nSPS) is 12.7. The molecule has 0 saturated heterocycles. The van der Waals surface area contributed by atoms with Gasteiger partial charge in [-0.25, -0.2) is 15.0 Å². The van der Waals surface area contributed by atoms with E-state index < -0.39 is 5.41 Å². The second kappa shape index (κ2) is 14.0. The number of aromatic nitrogens is 5. The van der Waals surface area contributed by atoms with E-state index in [0.29, 0.717) is 17.5 Å². The van der Waals surface area contributed by atoms with Crippen LogP contribution < -0.4 is 0 Å². The molecule has 0 bridgehead atoms. The van der Waals surface area contributed by atoms with E-state index >= 15 is 0 Å². The van der Waals surface area contributed by atoms with Gasteiger partial charge < -0.3 is 0 Å². The van der Waals surface area contributed by atoms with Crippen molar-refractivity contribution in [3.63, 3.8) is 0 Å². The molecule has 3 heterocycles. The minimum absolute atomic E-state index is 0.563. The van der Waals surface area contributed by atoms with E-state index in [1.807, 2.05) is 36.8 Å². The third-order valence-corrected chi connectivity index (χ3v) is 12.4. The molecule has 284 valence electrons. The lowest BCUT2D eigenvalue weighted by molar-refractivity contribution is 0.775. The highest BCUT2D eigenvalue weighted by molar-refractivity contribution is 5.97. The van der Waals surface area contributed by atoms with Gasteiger partial charge in [0.2, 0.25) is 0 Å². The Morgan fingerprint density at radius 3 is 1.25 bits per heavy atom. The van der Waals surface area contributed by atoms with E-state index in [4.69, 9.17) is 15.0 Å². The quantitative estimate of drug-likeness (QED) is 0.174. The van der Waals surface area contributed by atoms with Crippen molar-refractivity contribution in [2.75, 3.05) is 0 Å². The predicted octanol–water partition coefficient (Wildman–Crippen LogP) is 13.0. The Morgan fingerprint density at radius 1 is 0.262 bits per heavy atom. The summed E-state index contributed by atoms with van der Waals surface area (Å²) in [4.78, 5) is 24.3. The molecule has 0 atom stereocenters. The number of rotatable bonds is 5. The average Bonchev–Trinajstić information content (AvgIpc) is 3.58. The van der Waals surface area contributed by atoms with Gasteiger partial charge in [-0.15, -0.1) is 0 Å². The van der Waals surface area contributed by atoms with Gasteiger partial charge in [0, 0.05) is 47.0 Å². The molecule has 0 amide bonds. The summed E-state index contributed by atoms with van der Waals surface area (Å²) in [6.45, 7) is 0. The molecular formula is C56H35N5. The topological polar surface area (TPSA) is 64.5 Å². The highest BCUT2D eigenvalue weighted by Crippen LogP contribution is 2.61. The molecule has 61 heavy (non-hydrogen) atoms. The lowest BCUT2D eigenvalue weighted by atomic mass is 9.66. The van der Waals surface area contributed by atoms with E-state index in [1.54, 1.807) is 6.20 Å². The molecule has 1 spiro atoms. The van der Waals surface area contributed by atoms with Gasteiger partial charge in [-0.3, -0.25) is 9.97 Å². The van der Waals surface area contributed by atoms with Crippen molar-refractivity contribution in [3.05, 3.63) is 235 Å². The van der Waals surface area contributed by atoms with Crippen LogP contribution in [-0.4, -0.2) is 24.9 Å². The van der Waals surface area contributed by atoms with Gasteiger partial charge in [-0.05, 0) is 109 Å². The second-order valence-electron chi connectivity index (χ2n) is 15.6. The average molecular weight is 778 g/mol. The highest BCUT2D eigenvalue weighted by Gasteiger charge is 2.49. The van der Waals surface area contributed by atoms with Crippen LogP contribution in [0, 0.1) is 0 Å². The zero-order chi connectivity index (χ0) is 40.3. The summed E-state index contributed by atoms with van der Waals surface area (Å²) in [5.41, 5.74) is 18.8. The van der Waals surface area contributed by atoms with Gasteiger partial charge in [0.25, 0.3) is 0 Å². The van der Waals surface area contributed by atoms with Gasteiger partial charge in [-0.2, -0.15) is 0 Å². The van der Waals surface area contributed by atoms with Crippen LogP contribution in [-0.2, 0) is 5.41 Å². The minimum Gasteiger partial charge on any atom is -0.265 e. The van der Waals surface area contributed by atoms with Crippen molar-refractivity contribution in [2.45, 2.75) is 5.41 Å². The van der Waals surface area contributed by atoms with Crippen LogP contribution in [0.25, 0.3) is 89.8 Å². The predicted molar refractivity (Wildman–Crippen MR) is 244 cm³/mol. The maximum absolute atomic E-state index is 5.27. The van der Waals surface area contributed by atoms with E-state index in [1.165, 1.54) is 55.6 Å². The largest absolute Gasteiger partial charge is 0.265 e. The van der Waals surface area contributed by atoms with E-state index in [-0.39, 0.29) is 0 Å². The Labute approximate surface area is 353 Å². The van der Waals surface area contributed by atoms with Crippen LogP contribution in [0.1, 0.15) is 22.3 Å². The molecule has 2 aliphatic carbocycles. The van der Waals surface area contributed by atoms with Crippen LogP contribution >= 0.6 is 0 Å². The summed E-state index contributed by atoms with van der Waals surface area (Å²) in [6.07, 6.45) is 7.31. The van der Waals surface area contributed by atoms with Gasteiger partial charge in [0.05, 0.1) is 5.41 Å². The smallest absolute Gasteiger partial charge is 0.164 e. The third-order valence-electron chi connectivity index (χ3n) is 12.4. The number of pyridine rings is 2. The number of nitrogens with zero attached hydrogens (tertiary/aromatic N) is 5. The molecule has 12 rings (SSSR count). The third kappa shape index (κ3) is 5.52. The molecule has 10 aromatic rings. The lowest BCUT2D eigenvalue weighted by Gasteiger charge is -2.35. The van der Waals surface area contributed by atoms with Gasteiger partial charge >= 0.3 is 0 Å². The fourth-order valence-corrected chi connectivity index (χ4v) is 9.71. The Hall–Kier alpha value is -8.15. The van der Waals surface area contributed by atoms with Crippen molar-refractivity contribution in [3.8, 4) is 89.8 Å². The number of benzene rings is 7. The van der Waals surface area contributed by atoms with Crippen LogP contribution in [0.5, 0.6) is 0 Å². The summed E-state index contributed by atoms with van der Waals surface area (Å²) in [5, 5.41) is 0. The Morgan fingerprint density at radius 2 is 0.705 bits per heavy atom. The first-order chi connectivity index (χ1) is 30.2. The SMILES string of the molecule is c1cncc(-c2cccc(-c3nc(-c4cccc(-c5ccncc5)c4)nc(-c4ccc5c(c4)-c4ccccc4C54c5ccccc5-c5ccccc5-c5ccccc54)n3)c2)c1. The summed E-state index contributed by atoms with van der Waals surface area (Å²) in [6, 6.07) is 67.3. The second-order valence-corrected chi connectivity index (χ2v) is 15.6. The van der Waals surface area contributed by atoms with Crippen molar-refractivity contribution < 1.29 is 0 Å². The Balaban J connectivity index is 1.08. The fourth-order valence-electron chi connectivity index (χ4n) is 9.71. The van der Waals surface area contributed by atoms with Gasteiger partial charge in [0.1, 0.15) is 0 Å². The molecule has 0 aliphatic heterocycles. The number of hydrogen-bond acceptors (Lipinski definition) is 5. The highest BCUT2D eigenvalue weighted by atomic mass is 15.0. The molecule has 0 unspecified atom stereocenters. The summed E-state index contributed by atoms with van der Waals surface area (Å²) in [7, 11) is 0. The molecule has 0 N–H and O–H groups in total. The maximum atomic E-state index is 5.27. The molecule has 5 heteroatoms. The van der Waals surface area contributed by atoms with Crippen molar-refractivity contribution in [1.29, 1.82) is 0 Å². The Bertz CT molecular complexity index is 3150. The molecule has 2 aliphatic rings. The Kier molecular flexibility index (Phi) is 8.00. The summed E-state index contributed by atoms with van der Waals surface area (Å²) >= 11 is 0. The van der Waals surface area contributed by atoms with Crippen LogP contribution in [0.2, 0.25) is 0 Å². The molecule has 7 aromatic carbocycles. The van der Waals surface area contributed by atoms with E-state index in [0.717, 1.165) is 38.9 Å². The van der Waals surface area contributed by atoms with E-state index in [9.17, 15) is 0 Å². The minimum atomic E-state index is -0.563. The first-order valence-corrected chi connectivity index (χ1v) is 20.6. The molecule has 5 nitrogen and oxygen atoms in total. The summed E-state index contributed by atoms with van der Waals surface area (Å²) in [5.74, 6) is 1.81. The molecule has 0 radical (unpaired) electrons. The maximum Gasteiger partial charge on any atom is 0.164 e. The monoisotopic (exact) mass is 777 g/mol. The standard InChI is InChI=1S/C56H35N5/c1-2-18-44-43(17-1)45-19-3-6-22-49(45)56(50-23-7-4-20-46(44)50)51-24-8-5-21-47(51)48-34-41(25-26-52(48)56)55-60-53(39-14-9-12-37(32-39)36-27-30-57-31-28-36)59-54(61-55)40-15-10-13-38(33-40)42-16-11-29-58-35-42/h1-35H. The van der Waals surface area contributed by atoms with Gasteiger partial charge in [-0.1, -0.05) is 152 Å². The number of hydrogen-bond donors (Lipinski definition) is 0.